The van der Waals surface area contributed by atoms with Crippen LogP contribution in [0, 0.1) is 0 Å². The quantitative estimate of drug-likeness (QED) is 0.588. The number of alkyl halides is 3. The van der Waals surface area contributed by atoms with Crippen molar-refractivity contribution in [3.05, 3.63) is 54.0 Å². The van der Waals surface area contributed by atoms with Gasteiger partial charge in [0, 0.05) is 6.54 Å². The number of carbonyl (C=O) groups excluding carboxylic acids is 1. The number of hydrogen-bond donors (Lipinski definition) is 2. The summed E-state index contributed by atoms with van der Waals surface area (Å²) in [5.41, 5.74) is 1.60. The van der Waals surface area contributed by atoms with Crippen LogP contribution in [-0.4, -0.2) is 44.7 Å². The highest BCUT2D eigenvalue weighted by Crippen LogP contribution is 2.36. The maximum absolute atomic E-state index is 12.2. The van der Waals surface area contributed by atoms with Crippen LogP contribution in [0.4, 0.5) is 13.2 Å². The van der Waals surface area contributed by atoms with Crippen molar-refractivity contribution in [1.29, 1.82) is 0 Å². The minimum Gasteiger partial charge on any atom is -0.496 e. The summed E-state index contributed by atoms with van der Waals surface area (Å²) >= 11 is 0. The third kappa shape index (κ3) is 6.03. The van der Waals surface area contributed by atoms with E-state index in [0.717, 1.165) is 16.9 Å². The number of methoxy groups -OCH3 is 1. The maximum Gasteiger partial charge on any atom is 0.471 e. The second-order valence-corrected chi connectivity index (χ2v) is 6.59. The third-order valence-corrected chi connectivity index (χ3v) is 4.41. The number of aliphatic imine (C=N–C) groups is 1. The lowest BCUT2D eigenvalue weighted by atomic mass is 10.0. The Kier molecular flexibility index (Phi) is 7.22. The number of nitrogens with one attached hydrogen (secondary N) is 2. The van der Waals surface area contributed by atoms with Gasteiger partial charge in [-0.15, -0.1) is 0 Å². The minimum absolute atomic E-state index is 0.121. The van der Waals surface area contributed by atoms with Crippen LogP contribution in [0.15, 0.2) is 52.1 Å². The first-order valence-corrected chi connectivity index (χ1v) is 9.55. The molecule has 0 bridgehead atoms. The van der Waals surface area contributed by atoms with Crippen molar-refractivity contribution >= 4 is 17.3 Å². The molecule has 31 heavy (non-hydrogen) atoms. The minimum atomic E-state index is -4.89. The van der Waals surface area contributed by atoms with Gasteiger partial charge in [-0.2, -0.15) is 13.2 Å². The zero-order valence-electron chi connectivity index (χ0n) is 16.8. The Labute approximate surface area is 176 Å². The van der Waals surface area contributed by atoms with Crippen molar-refractivity contribution in [3.8, 4) is 11.5 Å². The largest absolute Gasteiger partial charge is 0.496 e. The molecule has 2 heterocycles. The summed E-state index contributed by atoms with van der Waals surface area (Å²) in [5.74, 6) is 0.630. The molecule has 10 heteroatoms. The van der Waals surface area contributed by atoms with Crippen molar-refractivity contribution < 1.29 is 31.9 Å². The number of furan rings is 1. The number of hydrogen-bond acceptors (Lipinski definition) is 6. The van der Waals surface area contributed by atoms with Crippen LogP contribution >= 0.6 is 0 Å². The van der Waals surface area contributed by atoms with E-state index in [9.17, 15) is 18.0 Å². The van der Waals surface area contributed by atoms with E-state index in [4.69, 9.17) is 13.9 Å². The number of ether oxygens (including phenoxy) is 2. The van der Waals surface area contributed by atoms with E-state index in [1.807, 2.05) is 23.5 Å². The first-order valence-electron chi connectivity index (χ1n) is 9.55. The summed E-state index contributed by atoms with van der Waals surface area (Å²) in [6, 6.07) is 8.97. The number of amides is 1. The summed E-state index contributed by atoms with van der Waals surface area (Å²) in [5, 5.41) is 5.01. The lowest BCUT2D eigenvalue weighted by Gasteiger charge is -2.15. The number of nitrogens with zero attached hydrogens (tertiary/aromatic N) is 1. The van der Waals surface area contributed by atoms with Crippen LogP contribution in [0.3, 0.4) is 0 Å². The number of rotatable bonds is 9. The molecular weight excluding hydrogens is 415 g/mol. The van der Waals surface area contributed by atoms with E-state index in [2.05, 4.69) is 10.3 Å². The first kappa shape index (κ1) is 22.3. The lowest BCUT2D eigenvalue weighted by Crippen LogP contribution is -2.37. The summed E-state index contributed by atoms with van der Waals surface area (Å²) in [7, 11) is 1.54. The van der Waals surface area contributed by atoms with Crippen LogP contribution < -0.4 is 20.1 Å². The van der Waals surface area contributed by atoms with E-state index in [-0.39, 0.29) is 19.6 Å². The molecule has 1 aliphatic rings. The van der Waals surface area contributed by atoms with E-state index >= 15 is 0 Å². The van der Waals surface area contributed by atoms with E-state index in [1.165, 1.54) is 0 Å². The molecule has 166 valence electrons. The van der Waals surface area contributed by atoms with Crippen molar-refractivity contribution in [1.82, 2.24) is 10.6 Å². The van der Waals surface area contributed by atoms with Gasteiger partial charge >= 0.3 is 12.1 Å². The number of amidine groups is 1. The third-order valence-electron chi connectivity index (χ3n) is 4.41. The Morgan fingerprint density at radius 2 is 2.03 bits per heavy atom. The molecule has 1 aliphatic heterocycles. The molecule has 7 nitrogen and oxygen atoms in total. The standard InChI is InChI=1S/C21H22F3N3O4/c1-29-16-6-2-7-17(31-10-4-8-25-20(28)21(22,23)24)19(16)14-11-18(26-12-14)27-13-15-5-3-9-30-15/h2-3,5-7,9,11H,4,8,10,12-13H2,1H3,(H,25,28)(H,26,27). The van der Waals surface area contributed by atoms with Gasteiger partial charge in [0.2, 0.25) is 0 Å². The Balaban J connectivity index is 1.60. The fourth-order valence-corrected chi connectivity index (χ4v) is 2.95. The van der Waals surface area contributed by atoms with Crippen LogP contribution in [0.25, 0.3) is 5.57 Å². The highest BCUT2D eigenvalue weighted by molar-refractivity contribution is 6.04. The molecule has 0 aliphatic carbocycles. The predicted octanol–water partition coefficient (Wildman–Crippen LogP) is 3.32. The topological polar surface area (TPSA) is 85.1 Å². The van der Waals surface area contributed by atoms with E-state index < -0.39 is 12.1 Å². The average molecular weight is 437 g/mol. The van der Waals surface area contributed by atoms with E-state index in [0.29, 0.717) is 30.4 Å². The summed E-state index contributed by atoms with van der Waals surface area (Å²) in [6.07, 6.45) is -1.19. The molecule has 3 rings (SSSR count). The molecule has 1 aromatic carbocycles. The molecule has 0 unspecified atom stereocenters. The van der Waals surface area contributed by atoms with Gasteiger partial charge in [-0.05, 0) is 42.3 Å². The fraction of sp³-hybridized carbons (Fsp3) is 0.333. The predicted molar refractivity (Wildman–Crippen MR) is 108 cm³/mol. The Morgan fingerprint density at radius 1 is 1.23 bits per heavy atom. The molecule has 1 aromatic heterocycles. The number of halogens is 3. The zero-order chi connectivity index (χ0) is 22.3. The summed E-state index contributed by atoms with van der Waals surface area (Å²) in [6.45, 7) is 0.883. The molecule has 2 aromatic rings. The second-order valence-electron chi connectivity index (χ2n) is 6.59. The van der Waals surface area contributed by atoms with Gasteiger partial charge in [-0.25, -0.2) is 0 Å². The molecule has 0 atom stereocenters. The van der Waals surface area contributed by atoms with Gasteiger partial charge in [-0.1, -0.05) is 6.07 Å². The fourth-order valence-electron chi connectivity index (χ4n) is 2.95. The SMILES string of the molecule is COc1cccc(OCCCNC(=O)C(F)(F)F)c1C1=CC(NCc2ccco2)=NC1. The van der Waals surface area contributed by atoms with Crippen LogP contribution in [0.1, 0.15) is 17.7 Å². The lowest BCUT2D eigenvalue weighted by molar-refractivity contribution is -0.173. The van der Waals surface area contributed by atoms with Crippen molar-refractivity contribution in [2.24, 2.45) is 4.99 Å². The van der Waals surface area contributed by atoms with Crippen molar-refractivity contribution in [3.63, 3.8) is 0 Å². The van der Waals surface area contributed by atoms with Crippen LogP contribution in [0.5, 0.6) is 11.5 Å². The first-order chi connectivity index (χ1) is 14.9. The highest BCUT2D eigenvalue weighted by Gasteiger charge is 2.38. The molecule has 0 spiro atoms. The van der Waals surface area contributed by atoms with Gasteiger partial charge in [0.05, 0.1) is 38.6 Å². The summed E-state index contributed by atoms with van der Waals surface area (Å²) in [4.78, 5) is 15.3. The maximum atomic E-state index is 12.2. The smallest absolute Gasteiger partial charge is 0.471 e. The molecular formula is C21H22F3N3O4. The summed E-state index contributed by atoms with van der Waals surface area (Å²) < 4.78 is 53.2. The van der Waals surface area contributed by atoms with Crippen LogP contribution in [-0.2, 0) is 11.3 Å². The molecule has 2 N–H and O–H groups in total. The van der Waals surface area contributed by atoms with Crippen LogP contribution in [0.2, 0.25) is 0 Å². The number of carbonyl (C=O) groups is 1. The van der Waals surface area contributed by atoms with Gasteiger partial charge in [0.15, 0.2) is 0 Å². The average Bonchev–Trinajstić information content (AvgIpc) is 3.42. The highest BCUT2D eigenvalue weighted by atomic mass is 19.4. The van der Waals surface area contributed by atoms with Gasteiger partial charge < -0.3 is 24.5 Å². The monoisotopic (exact) mass is 437 g/mol. The van der Waals surface area contributed by atoms with Gasteiger partial charge in [0.25, 0.3) is 0 Å². The van der Waals surface area contributed by atoms with Gasteiger partial charge in [-0.3, -0.25) is 9.79 Å². The van der Waals surface area contributed by atoms with E-state index in [1.54, 1.807) is 31.6 Å². The Bertz CT molecular complexity index is 953. The molecule has 0 saturated carbocycles. The molecule has 0 fully saturated rings. The number of benzene rings is 1. The zero-order valence-corrected chi connectivity index (χ0v) is 16.8. The van der Waals surface area contributed by atoms with Crippen molar-refractivity contribution in [2.75, 3.05) is 26.8 Å². The molecule has 1 amide bonds. The normalized spacial score (nSPS) is 13.4. The van der Waals surface area contributed by atoms with Gasteiger partial charge in [0.1, 0.15) is 23.1 Å². The second kappa shape index (κ2) is 10.1. The Hall–Kier alpha value is -3.43. The Morgan fingerprint density at radius 3 is 2.74 bits per heavy atom. The molecule has 0 radical (unpaired) electrons. The molecule has 0 saturated heterocycles. The van der Waals surface area contributed by atoms with Crippen molar-refractivity contribution in [2.45, 2.75) is 19.1 Å².